The van der Waals surface area contributed by atoms with Gasteiger partial charge in [0.05, 0.1) is 0 Å². The van der Waals surface area contributed by atoms with E-state index in [9.17, 15) is 0 Å². The fourth-order valence-corrected chi connectivity index (χ4v) is 9.38. The van der Waals surface area contributed by atoms with Gasteiger partial charge in [-0.25, -0.2) is 0 Å². The van der Waals surface area contributed by atoms with E-state index in [1.807, 2.05) is 91.1 Å². The molecule has 0 N–H and O–H groups in total. The molecular formula is C69H52IrN3O2. The number of nitrogens with zero attached hydrogens (tertiary/aromatic N) is 3. The monoisotopic (exact) mass is 1150 g/mol. The van der Waals surface area contributed by atoms with Crippen molar-refractivity contribution in [3.05, 3.63) is 272 Å². The molecule has 8 aromatic carbocycles. The van der Waals surface area contributed by atoms with Gasteiger partial charge in [0.15, 0.2) is 0 Å². The van der Waals surface area contributed by atoms with Crippen molar-refractivity contribution in [2.75, 3.05) is 0 Å². The maximum Gasteiger partial charge on any atom is 3.00 e. The van der Waals surface area contributed by atoms with E-state index in [0.717, 1.165) is 89.4 Å². The molecule has 0 saturated heterocycles. The second-order valence-electron chi connectivity index (χ2n) is 19.3. The van der Waals surface area contributed by atoms with Gasteiger partial charge in [-0.15, -0.1) is 83.4 Å². The van der Waals surface area contributed by atoms with E-state index in [-0.39, 0.29) is 20.1 Å². The van der Waals surface area contributed by atoms with Crippen molar-refractivity contribution in [1.82, 2.24) is 15.0 Å². The van der Waals surface area contributed by atoms with Gasteiger partial charge in [0, 0.05) is 30.1 Å². The Labute approximate surface area is 454 Å². The largest absolute Gasteiger partial charge is 3.00 e. The second kappa shape index (κ2) is 21.9. The molecule has 3 aromatic heterocycles. The first kappa shape index (κ1) is 50.0. The number of hydrogen-bond acceptors (Lipinski definition) is 5. The smallest absolute Gasteiger partial charge is 0.527 e. The van der Waals surface area contributed by atoms with Gasteiger partial charge in [0.25, 0.3) is 0 Å². The van der Waals surface area contributed by atoms with E-state index in [1.54, 1.807) is 12.4 Å². The molecule has 3 heterocycles. The molecule has 0 aliphatic carbocycles. The topological polar surface area (TPSA) is 57.1 Å². The quantitative estimate of drug-likeness (QED) is 0.102. The zero-order valence-electron chi connectivity index (χ0n) is 42.1. The first-order chi connectivity index (χ1) is 36.1. The first-order valence-electron chi connectivity index (χ1n) is 24.9. The van der Waals surface area contributed by atoms with Gasteiger partial charge < -0.3 is 24.4 Å². The number of aromatic nitrogens is 3. The van der Waals surface area contributed by atoms with Crippen molar-refractivity contribution < 1.29 is 29.6 Å². The van der Waals surface area contributed by atoms with Crippen LogP contribution < -0.4 is 9.47 Å². The van der Waals surface area contributed by atoms with Crippen LogP contribution in [0.4, 0.5) is 0 Å². The van der Waals surface area contributed by atoms with Gasteiger partial charge >= 0.3 is 20.1 Å². The fourth-order valence-electron chi connectivity index (χ4n) is 9.38. The summed E-state index contributed by atoms with van der Waals surface area (Å²) in [6.45, 7) is 8.47. The minimum Gasteiger partial charge on any atom is -0.527 e. The molecule has 0 bridgehead atoms. The van der Waals surface area contributed by atoms with Crippen molar-refractivity contribution in [2.45, 2.75) is 38.9 Å². The van der Waals surface area contributed by atoms with Crippen LogP contribution in [0.2, 0.25) is 0 Å². The van der Waals surface area contributed by atoms with Crippen molar-refractivity contribution in [1.29, 1.82) is 0 Å². The Morgan fingerprint density at radius 1 is 0.333 bits per heavy atom. The Balaban J connectivity index is 0.00000641. The summed E-state index contributed by atoms with van der Waals surface area (Å²) in [6, 6.07) is 87.5. The predicted octanol–water partition coefficient (Wildman–Crippen LogP) is 17.2. The maximum absolute atomic E-state index is 7.21. The van der Waals surface area contributed by atoms with Gasteiger partial charge in [-0.2, -0.15) is 0 Å². The third-order valence-electron chi connectivity index (χ3n) is 13.4. The zero-order chi connectivity index (χ0) is 50.5. The summed E-state index contributed by atoms with van der Waals surface area (Å²) in [5.74, 6) is 1.41. The number of hydrogen-bond donors (Lipinski definition) is 0. The fraction of sp³-hybridized carbons (Fsp3) is 0.0870. The molecule has 0 unspecified atom stereocenters. The Kier molecular flexibility index (Phi) is 14.6. The van der Waals surface area contributed by atoms with Crippen LogP contribution in [-0.2, 0) is 31.3 Å². The average molecular weight is 1150 g/mol. The number of pyridine rings is 3. The van der Waals surface area contributed by atoms with Crippen LogP contribution in [0.5, 0.6) is 11.5 Å². The number of ether oxygens (including phenoxy) is 2. The van der Waals surface area contributed by atoms with Crippen molar-refractivity contribution in [3.8, 4) is 101 Å². The summed E-state index contributed by atoms with van der Waals surface area (Å²) in [5.41, 5.74) is 16.4. The van der Waals surface area contributed by atoms with Crippen molar-refractivity contribution in [3.63, 3.8) is 0 Å². The molecule has 11 aromatic rings. The molecule has 364 valence electrons. The molecule has 0 amide bonds. The summed E-state index contributed by atoms with van der Waals surface area (Å²) >= 11 is 0. The molecule has 0 saturated carbocycles. The molecule has 11 rings (SSSR count). The van der Waals surface area contributed by atoms with E-state index in [1.165, 1.54) is 11.1 Å². The predicted molar refractivity (Wildman–Crippen MR) is 300 cm³/mol. The minimum absolute atomic E-state index is 0. The van der Waals surface area contributed by atoms with E-state index in [0.29, 0.717) is 11.5 Å². The van der Waals surface area contributed by atoms with Crippen LogP contribution in [0, 0.1) is 18.2 Å². The van der Waals surface area contributed by atoms with Crippen molar-refractivity contribution in [2.24, 2.45) is 0 Å². The first-order valence-corrected chi connectivity index (χ1v) is 24.9. The molecule has 0 aliphatic rings. The molecule has 75 heavy (non-hydrogen) atoms. The molecule has 0 aliphatic heterocycles. The van der Waals surface area contributed by atoms with Crippen LogP contribution in [0.1, 0.15) is 38.8 Å². The second-order valence-corrected chi connectivity index (χ2v) is 19.3. The Morgan fingerprint density at radius 3 is 1.45 bits per heavy atom. The molecule has 5 nitrogen and oxygen atoms in total. The van der Waals surface area contributed by atoms with Crippen molar-refractivity contribution >= 4 is 0 Å². The van der Waals surface area contributed by atoms with Crippen LogP contribution in [0.3, 0.4) is 0 Å². The van der Waals surface area contributed by atoms with Gasteiger partial charge in [0.1, 0.15) is 11.2 Å². The normalized spacial score (nSPS) is 11.4. The third kappa shape index (κ3) is 11.2. The standard InChI is InChI=1S/C69H52N3O2.Ir/c1-68(2,73-60-36-33-53(34-37-60)64-23-13-15-40-70-64)58-43-57(44-59(47-58)69(3,4)74-67-38-35-56(65-24-14-16-41-71-65)45-63(67)51-19-9-6-10-20-51)62-22-12-11-21-61(62)52-29-31-54(32-30-52)66-46-55(39-42-72-66)50-27-25-49(26-28-50)48-17-7-5-8-18-48;/h5-31,33,36-47H,1-4H3;/q-3;+3. The van der Waals surface area contributed by atoms with Gasteiger partial charge in [-0.05, 0) is 131 Å². The molecule has 6 heteroatoms. The van der Waals surface area contributed by atoms with Gasteiger partial charge in [0.2, 0.25) is 0 Å². The zero-order valence-corrected chi connectivity index (χ0v) is 44.5. The summed E-state index contributed by atoms with van der Waals surface area (Å²) in [6.07, 6.45) is 5.47. The summed E-state index contributed by atoms with van der Waals surface area (Å²) in [7, 11) is 0. The maximum atomic E-state index is 7.21. The van der Waals surface area contributed by atoms with Crippen LogP contribution in [-0.4, -0.2) is 15.0 Å². The number of rotatable bonds is 14. The van der Waals surface area contributed by atoms with Crippen LogP contribution >= 0.6 is 0 Å². The summed E-state index contributed by atoms with van der Waals surface area (Å²) in [5, 5.41) is 0. The molecule has 0 spiro atoms. The SMILES string of the molecule is CC(C)(Oc1c[c-]c(-c2ccccn2)cc1)c1cc(-c2ccccc2-c2c[c-]c(-c3cc(-c4ccc(-c5ccccc5)cc4)ccn3)cc2)cc(C(C)(C)Oc2c[c-]c(-c3ccccn3)cc2-c2ccccc2)c1.[Ir+3]. The third-order valence-corrected chi connectivity index (χ3v) is 13.4. The Morgan fingerprint density at radius 2 is 0.840 bits per heavy atom. The van der Waals surface area contributed by atoms with Gasteiger partial charge in [-0.1, -0.05) is 156 Å². The average Bonchev–Trinajstić information content (AvgIpc) is 3.46. The molecule has 0 atom stereocenters. The Hall–Kier alpha value is -8.54. The van der Waals surface area contributed by atoms with Crippen LogP contribution in [0.15, 0.2) is 243 Å². The molecule has 0 fully saturated rings. The van der Waals surface area contributed by atoms with E-state index in [4.69, 9.17) is 14.5 Å². The Bertz CT molecular complexity index is 3680. The molecule has 0 radical (unpaired) electrons. The van der Waals surface area contributed by atoms with E-state index >= 15 is 0 Å². The van der Waals surface area contributed by atoms with Crippen LogP contribution in [0.25, 0.3) is 89.4 Å². The molecular weight excluding hydrogens is 1090 g/mol. The summed E-state index contributed by atoms with van der Waals surface area (Å²) in [4.78, 5) is 13.9. The van der Waals surface area contributed by atoms with Gasteiger partial charge in [-0.3, -0.25) is 0 Å². The van der Waals surface area contributed by atoms with E-state index in [2.05, 4.69) is 195 Å². The van der Waals surface area contributed by atoms with E-state index < -0.39 is 11.2 Å². The number of benzene rings is 8. The minimum atomic E-state index is -0.835. The summed E-state index contributed by atoms with van der Waals surface area (Å²) < 4.78 is 14.1.